The third-order valence-electron chi connectivity index (χ3n) is 4.35. The van der Waals surface area contributed by atoms with E-state index in [-0.39, 0.29) is 18.0 Å². The number of likely N-dealkylation sites (N-methyl/N-ethyl adjacent to an activating group) is 1. The van der Waals surface area contributed by atoms with E-state index in [9.17, 15) is 9.59 Å². The predicted octanol–water partition coefficient (Wildman–Crippen LogP) is 2.12. The van der Waals surface area contributed by atoms with Gasteiger partial charge in [0.2, 0.25) is 5.91 Å². The number of hydrogen-bond acceptors (Lipinski definition) is 4. The number of amides is 1. The van der Waals surface area contributed by atoms with Crippen LogP contribution < -0.4 is 10.5 Å². The quantitative estimate of drug-likeness (QED) is 0.707. The first-order valence-electron chi connectivity index (χ1n) is 8.41. The lowest BCUT2D eigenvalue weighted by Gasteiger charge is -2.18. The molecule has 0 saturated carbocycles. The van der Waals surface area contributed by atoms with Crippen molar-refractivity contribution in [2.24, 2.45) is 0 Å². The van der Waals surface area contributed by atoms with Crippen LogP contribution in [0.15, 0.2) is 59.5 Å². The zero-order valence-electron chi connectivity index (χ0n) is 15.2. The van der Waals surface area contributed by atoms with Gasteiger partial charge < -0.3 is 9.80 Å². The number of nitrogens with zero attached hydrogens (tertiary/aromatic N) is 4. The molecule has 1 amide bonds. The van der Waals surface area contributed by atoms with Gasteiger partial charge in [-0.15, -0.1) is 0 Å². The molecule has 3 rings (SSSR count). The summed E-state index contributed by atoms with van der Waals surface area (Å²) in [5.74, 6) is -0.161. The van der Waals surface area contributed by atoms with E-state index in [2.05, 4.69) is 5.10 Å². The molecule has 6 heteroatoms. The van der Waals surface area contributed by atoms with Crippen LogP contribution in [0.2, 0.25) is 0 Å². The van der Waals surface area contributed by atoms with Gasteiger partial charge >= 0.3 is 0 Å². The Morgan fingerprint density at radius 2 is 1.73 bits per heavy atom. The molecule has 0 N–H and O–H groups in total. The maximum Gasteiger partial charge on any atom is 0.275 e. The fraction of sp³-hybridized carbons (Fsp3) is 0.250. The summed E-state index contributed by atoms with van der Waals surface area (Å²) in [5, 5.41) is 5.46. The topological polar surface area (TPSA) is 58.4 Å². The molecule has 1 aromatic heterocycles. The van der Waals surface area contributed by atoms with E-state index in [1.807, 2.05) is 55.4 Å². The summed E-state index contributed by atoms with van der Waals surface area (Å²) >= 11 is 0. The number of benzene rings is 2. The van der Waals surface area contributed by atoms with E-state index in [0.717, 1.165) is 16.6 Å². The molecule has 1 heterocycles. The Balaban J connectivity index is 1.71. The Morgan fingerprint density at radius 1 is 1.04 bits per heavy atom. The average Bonchev–Trinajstić information content (AvgIpc) is 2.64. The van der Waals surface area contributed by atoms with E-state index in [0.29, 0.717) is 11.9 Å². The molecule has 0 atom stereocenters. The molecule has 0 fully saturated rings. The molecule has 3 aromatic rings. The number of anilines is 1. The second kappa shape index (κ2) is 7.39. The largest absolute Gasteiger partial charge is 0.378 e. The zero-order chi connectivity index (χ0) is 18.7. The molecule has 0 aliphatic carbocycles. The Morgan fingerprint density at radius 3 is 2.42 bits per heavy atom. The first-order valence-corrected chi connectivity index (χ1v) is 8.41. The van der Waals surface area contributed by atoms with E-state index in [1.165, 1.54) is 4.68 Å². The maximum atomic E-state index is 12.5. The van der Waals surface area contributed by atoms with Crippen molar-refractivity contribution in [2.75, 3.05) is 26.0 Å². The molecule has 0 aliphatic rings. The third-order valence-corrected chi connectivity index (χ3v) is 4.35. The zero-order valence-corrected chi connectivity index (χ0v) is 15.2. The van der Waals surface area contributed by atoms with Crippen molar-refractivity contribution in [2.45, 2.75) is 13.1 Å². The van der Waals surface area contributed by atoms with Crippen LogP contribution in [0.4, 0.5) is 5.69 Å². The highest BCUT2D eigenvalue weighted by Gasteiger charge is 2.13. The van der Waals surface area contributed by atoms with Gasteiger partial charge in [0.05, 0.1) is 11.6 Å². The molecular formula is C20H22N4O2. The van der Waals surface area contributed by atoms with Gasteiger partial charge in [-0.3, -0.25) is 9.59 Å². The minimum atomic E-state index is -0.250. The fourth-order valence-corrected chi connectivity index (χ4v) is 2.75. The van der Waals surface area contributed by atoms with Crippen LogP contribution >= 0.6 is 0 Å². The maximum absolute atomic E-state index is 12.5. The van der Waals surface area contributed by atoms with Crippen molar-refractivity contribution < 1.29 is 4.79 Å². The highest BCUT2D eigenvalue weighted by atomic mass is 16.2. The van der Waals surface area contributed by atoms with Gasteiger partial charge in [-0.2, -0.15) is 5.10 Å². The summed E-state index contributed by atoms with van der Waals surface area (Å²) in [4.78, 5) is 28.6. The summed E-state index contributed by atoms with van der Waals surface area (Å²) in [6.07, 6.45) is 1.62. The molecule has 0 aliphatic heterocycles. The smallest absolute Gasteiger partial charge is 0.275 e. The Hall–Kier alpha value is -3.15. The molecule has 0 spiro atoms. The average molecular weight is 350 g/mol. The van der Waals surface area contributed by atoms with Crippen LogP contribution in [0.3, 0.4) is 0 Å². The normalized spacial score (nSPS) is 10.7. The molecule has 134 valence electrons. The van der Waals surface area contributed by atoms with E-state index in [4.69, 9.17) is 0 Å². The predicted molar refractivity (Wildman–Crippen MR) is 103 cm³/mol. The molecule has 6 nitrogen and oxygen atoms in total. The lowest BCUT2D eigenvalue weighted by Crippen LogP contribution is -2.34. The van der Waals surface area contributed by atoms with Crippen molar-refractivity contribution in [3.8, 4) is 0 Å². The van der Waals surface area contributed by atoms with Crippen LogP contribution in [-0.2, 0) is 17.9 Å². The van der Waals surface area contributed by atoms with Crippen molar-refractivity contribution in [1.82, 2.24) is 14.7 Å². The summed E-state index contributed by atoms with van der Waals surface area (Å²) < 4.78 is 1.22. The number of carbonyl (C=O) groups is 1. The van der Waals surface area contributed by atoms with Gasteiger partial charge in [-0.25, -0.2) is 4.68 Å². The molecule has 0 unspecified atom stereocenters. The first kappa shape index (κ1) is 17.7. The summed E-state index contributed by atoms with van der Waals surface area (Å²) in [6, 6.07) is 15.3. The van der Waals surface area contributed by atoms with Gasteiger partial charge in [0.15, 0.2) is 0 Å². The van der Waals surface area contributed by atoms with Crippen molar-refractivity contribution in [3.05, 3.63) is 70.6 Å². The number of hydrogen-bond donors (Lipinski definition) is 0. The highest BCUT2D eigenvalue weighted by molar-refractivity contribution is 5.81. The van der Waals surface area contributed by atoms with Crippen molar-refractivity contribution in [3.63, 3.8) is 0 Å². The van der Waals surface area contributed by atoms with E-state index in [1.54, 1.807) is 30.3 Å². The summed E-state index contributed by atoms with van der Waals surface area (Å²) in [7, 11) is 5.70. The minimum Gasteiger partial charge on any atom is -0.378 e. The molecule has 26 heavy (non-hydrogen) atoms. The Labute approximate surface area is 152 Å². The summed E-state index contributed by atoms with van der Waals surface area (Å²) in [6.45, 7) is 0.408. The third kappa shape index (κ3) is 3.74. The molecule has 0 bridgehead atoms. The Bertz CT molecular complexity index is 977. The second-order valence-corrected chi connectivity index (χ2v) is 6.51. The van der Waals surface area contributed by atoms with E-state index < -0.39 is 0 Å². The number of fused-ring (bicyclic) bond motifs is 1. The van der Waals surface area contributed by atoms with Crippen LogP contribution in [0.1, 0.15) is 5.56 Å². The summed E-state index contributed by atoms with van der Waals surface area (Å²) in [5.41, 5.74) is 1.89. The lowest BCUT2D eigenvalue weighted by molar-refractivity contribution is -0.131. The number of carbonyl (C=O) groups excluding carboxylic acids is 1. The van der Waals surface area contributed by atoms with Gasteiger partial charge in [0.1, 0.15) is 6.54 Å². The van der Waals surface area contributed by atoms with Gasteiger partial charge in [0.25, 0.3) is 5.56 Å². The van der Waals surface area contributed by atoms with Gasteiger partial charge in [-0.1, -0.05) is 30.3 Å². The monoisotopic (exact) mass is 350 g/mol. The van der Waals surface area contributed by atoms with Gasteiger partial charge in [-0.05, 0) is 23.8 Å². The first-order chi connectivity index (χ1) is 12.5. The van der Waals surface area contributed by atoms with Crippen LogP contribution in [0, 0.1) is 0 Å². The fourth-order valence-electron chi connectivity index (χ4n) is 2.75. The van der Waals surface area contributed by atoms with Crippen molar-refractivity contribution in [1.29, 1.82) is 0 Å². The minimum absolute atomic E-state index is 0.0735. The molecular weight excluding hydrogens is 328 g/mol. The number of aromatic nitrogens is 2. The molecule has 0 saturated heterocycles. The lowest BCUT2D eigenvalue weighted by atomic mass is 10.2. The Kier molecular flexibility index (Phi) is 5.02. The standard InChI is InChI=1S/C20H22N4O2/c1-22(2)17-10-8-15(9-11-17)13-23(3)19(25)14-24-20(26)18-7-5-4-6-16(18)12-21-24/h4-12H,13-14H2,1-3H3. The SMILES string of the molecule is CN(Cc1ccc(N(C)C)cc1)C(=O)Cn1ncc2ccccc2c1=O. The van der Waals surface area contributed by atoms with Crippen molar-refractivity contribution >= 4 is 22.4 Å². The molecule has 0 radical (unpaired) electrons. The highest BCUT2D eigenvalue weighted by Crippen LogP contribution is 2.13. The van der Waals surface area contributed by atoms with Gasteiger partial charge in [0, 0.05) is 38.8 Å². The van der Waals surface area contributed by atoms with Crippen LogP contribution in [0.25, 0.3) is 10.8 Å². The van der Waals surface area contributed by atoms with Crippen LogP contribution in [0.5, 0.6) is 0 Å². The van der Waals surface area contributed by atoms with E-state index >= 15 is 0 Å². The number of rotatable bonds is 5. The second-order valence-electron chi connectivity index (χ2n) is 6.51. The van der Waals surface area contributed by atoms with Crippen LogP contribution in [-0.4, -0.2) is 41.7 Å². The molecule has 2 aromatic carbocycles.